The van der Waals surface area contributed by atoms with Crippen LogP contribution in [0.1, 0.15) is 36.0 Å². The summed E-state index contributed by atoms with van der Waals surface area (Å²) in [7, 11) is 0. The number of carbonyl (C=O) groups excluding carboxylic acids is 2. The first-order chi connectivity index (χ1) is 10.6. The lowest BCUT2D eigenvalue weighted by Gasteiger charge is -2.56. The Bertz CT molecular complexity index is 647. The fourth-order valence-corrected chi connectivity index (χ4v) is 4.57. The molecule has 2 amide bonds. The van der Waals surface area contributed by atoms with Crippen LogP contribution in [0.25, 0.3) is 0 Å². The summed E-state index contributed by atoms with van der Waals surface area (Å²) < 4.78 is 0. The normalized spacial score (nSPS) is 35.5. The largest absolute Gasteiger partial charge is 0.362 e. The van der Waals surface area contributed by atoms with Gasteiger partial charge in [0, 0.05) is 17.5 Å². The quantitative estimate of drug-likeness (QED) is 0.353. The smallest absolute Gasteiger partial charge is 0.255 e. The number of rotatable bonds is 1. The maximum atomic E-state index is 12.5. The predicted molar refractivity (Wildman–Crippen MR) is 81.5 cm³/mol. The Hall–Kier alpha value is -2.08. The molecule has 0 unspecified atom stereocenters. The molecule has 0 saturated heterocycles. The van der Waals surface area contributed by atoms with E-state index in [9.17, 15) is 9.59 Å². The molecule has 4 aliphatic rings. The lowest BCUT2D eigenvalue weighted by molar-refractivity contribution is -0.132. The first kappa shape index (κ1) is 13.6. The van der Waals surface area contributed by atoms with E-state index in [1.54, 1.807) is 0 Å². The van der Waals surface area contributed by atoms with Gasteiger partial charge in [0.05, 0.1) is 5.56 Å². The van der Waals surface area contributed by atoms with Gasteiger partial charge in [-0.1, -0.05) is 12.1 Å². The Kier molecular flexibility index (Phi) is 2.91. The average Bonchev–Trinajstić information content (AvgIpc) is 2.54. The third-order valence-corrected chi connectivity index (χ3v) is 5.62. The van der Waals surface area contributed by atoms with E-state index < -0.39 is 5.66 Å². The number of anilines is 1. The van der Waals surface area contributed by atoms with Crippen LogP contribution in [-0.4, -0.2) is 17.5 Å². The summed E-state index contributed by atoms with van der Waals surface area (Å²) in [6.45, 7) is 0. The van der Waals surface area contributed by atoms with Crippen LogP contribution in [-0.2, 0) is 4.79 Å². The van der Waals surface area contributed by atoms with E-state index in [0.717, 1.165) is 31.4 Å². The van der Waals surface area contributed by atoms with Gasteiger partial charge in [-0.15, -0.1) is 0 Å². The van der Waals surface area contributed by atoms with Crippen molar-refractivity contribution in [1.29, 1.82) is 0 Å². The van der Waals surface area contributed by atoms with E-state index >= 15 is 0 Å². The van der Waals surface area contributed by atoms with Crippen molar-refractivity contribution < 1.29 is 9.59 Å². The van der Waals surface area contributed by atoms with Gasteiger partial charge in [0.1, 0.15) is 5.66 Å². The van der Waals surface area contributed by atoms with Gasteiger partial charge in [0.15, 0.2) is 0 Å². The van der Waals surface area contributed by atoms with Crippen molar-refractivity contribution in [2.75, 3.05) is 5.32 Å². The van der Waals surface area contributed by atoms with Gasteiger partial charge in [-0.2, -0.15) is 0 Å². The highest BCUT2D eigenvalue weighted by Crippen LogP contribution is 2.51. The highest BCUT2D eigenvalue weighted by atomic mass is 16.2. The van der Waals surface area contributed by atoms with Crippen LogP contribution in [0.3, 0.4) is 0 Å². The van der Waals surface area contributed by atoms with Crippen LogP contribution >= 0.6 is 0 Å². The number of fused-ring (bicyclic) bond motifs is 3. The van der Waals surface area contributed by atoms with Crippen LogP contribution < -0.4 is 21.9 Å². The second-order valence-corrected chi connectivity index (χ2v) is 6.69. The van der Waals surface area contributed by atoms with Crippen molar-refractivity contribution in [2.24, 2.45) is 23.6 Å². The van der Waals surface area contributed by atoms with E-state index in [-0.39, 0.29) is 29.6 Å². The van der Waals surface area contributed by atoms with Gasteiger partial charge in [0.2, 0.25) is 5.91 Å². The number of amides is 2. The van der Waals surface area contributed by atoms with Crippen molar-refractivity contribution in [1.82, 2.24) is 10.7 Å². The fraction of sp³-hybridized carbons (Fsp3) is 0.500. The van der Waals surface area contributed by atoms with Gasteiger partial charge in [-0.3, -0.25) is 15.0 Å². The molecular formula is C16H20N4O2. The summed E-state index contributed by atoms with van der Waals surface area (Å²) in [5.41, 5.74) is 3.45. The lowest BCUT2D eigenvalue weighted by atomic mass is 9.58. The Morgan fingerprint density at radius 1 is 1.27 bits per heavy atom. The molecule has 6 nitrogen and oxygen atoms in total. The summed E-state index contributed by atoms with van der Waals surface area (Å²) in [6, 6.07) is 7.58. The Morgan fingerprint density at radius 2 is 2.09 bits per heavy atom. The molecule has 1 aromatic carbocycles. The molecule has 0 aromatic heterocycles. The maximum Gasteiger partial charge on any atom is 0.255 e. The first-order valence-corrected chi connectivity index (χ1v) is 7.83. The lowest BCUT2D eigenvalue weighted by Crippen LogP contribution is -2.68. The molecule has 3 aliphatic carbocycles. The second-order valence-electron chi connectivity index (χ2n) is 6.69. The van der Waals surface area contributed by atoms with Gasteiger partial charge in [-0.25, -0.2) is 5.84 Å². The standard InChI is InChI=1S/C16H20N4O2/c17-20-15(22)12-7-10-6-5-9(12)8-16(10)18-13-4-2-1-3-11(13)14(21)19-16/h1-4,9-10,12,18H,5-8,17H2,(H,19,21)(H,20,22)/t9-,10+,12+,16+/m1/s1. The Balaban J connectivity index is 1.65. The molecular weight excluding hydrogens is 280 g/mol. The van der Waals surface area contributed by atoms with Crippen molar-refractivity contribution in [3.63, 3.8) is 0 Å². The van der Waals surface area contributed by atoms with Crippen molar-refractivity contribution in [3.8, 4) is 0 Å². The fourth-order valence-electron chi connectivity index (χ4n) is 4.57. The number of nitrogens with two attached hydrogens (primary N) is 1. The minimum absolute atomic E-state index is 0.0262. The molecule has 116 valence electrons. The molecule has 22 heavy (non-hydrogen) atoms. The summed E-state index contributed by atoms with van der Waals surface area (Å²) >= 11 is 0. The first-order valence-electron chi connectivity index (χ1n) is 7.83. The zero-order chi connectivity index (χ0) is 15.3. The number of carbonyl (C=O) groups is 2. The maximum absolute atomic E-state index is 12.5. The molecule has 1 aliphatic heterocycles. The van der Waals surface area contributed by atoms with E-state index in [1.165, 1.54) is 0 Å². The molecule has 2 bridgehead atoms. The molecule has 1 heterocycles. The van der Waals surface area contributed by atoms with Gasteiger partial charge in [-0.05, 0) is 43.7 Å². The molecule has 5 N–H and O–H groups in total. The number of nitrogens with one attached hydrogen (secondary N) is 3. The summed E-state index contributed by atoms with van der Waals surface area (Å²) in [5.74, 6) is 5.67. The molecule has 3 fully saturated rings. The summed E-state index contributed by atoms with van der Waals surface area (Å²) in [4.78, 5) is 24.4. The van der Waals surface area contributed by atoms with Crippen molar-refractivity contribution in [2.45, 2.75) is 31.3 Å². The van der Waals surface area contributed by atoms with Crippen LogP contribution in [0.5, 0.6) is 0 Å². The molecule has 1 aromatic rings. The van der Waals surface area contributed by atoms with Crippen LogP contribution in [0.15, 0.2) is 24.3 Å². The number of hydrogen-bond acceptors (Lipinski definition) is 4. The molecule has 5 rings (SSSR count). The molecule has 0 radical (unpaired) electrons. The third kappa shape index (κ3) is 1.83. The Labute approximate surface area is 128 Å². The average molecular weight is 300 g/mol. The molecule has 6 heteroatoms. The van der Waals surface area contributed by atoms with Crippen LogP contribution in [0.2, 0.25) is 0 Å². The van der Waals surface area contributed by atoms with E-state index in [4.69, 9.17) is 5.84 Å². The van der Waals surface area contributed by atoms with Gasteiger partial charge >= 0.3 is 0 Å². The summed E-state index contributed by atoms with van der Waals surface area (Å²) in [5, 5.41) is 6.74. The minimum atomic E-state index is -0.417. The zero-order valence-electron chi connectivity index (χ0n) is 12.3. The predicted octanol–water partition coefficient (Wildman–Crippen LogP) is 0.964. The third-order valence-electron chi connectivity index (χ3n) is 5.62. The SMILES string of the molecule is NNC(=O)[C@H]1C[C@@H]2CC[C@@H]1C[C@]21NC(=O)c2ccccc2N1. The van der Waals surface area contributed by atoms with Crippen LogP contribution in [0.4, 0.5) is 5.69 Å². The number of hydrazine groups is 1. The van der Waals surface area contributed by atoms with Crippen molar-refractivity contribution >= 4 is 17.5 Å². The molecule has 1 spiro atoms. The number of benzene rings is 1. The highest BCUT2D eigenvalue weighted by molar-refractivity contribution is 6.02. The second kappa shape index (κ2) is 4.71. The molecule has 4 atom stereocenters. The topological polar surface area (TPSA) is 96.2 Å². The zero-order valence-corrected chi connectivity index (χ0v) is 12.3. The van der Waals surface area contributed by atoms with E-state index in [0.29, 0.717) is 5.56 Å². The summed E-state index contributed by atoms with van der Waals surface area (Å²) in [6.07, 6.45) is 3.58. The molecule has 3 saturated carbocycles. The minimum Gasteiger partial charge on any atom is -0.362 e. The van der Waals surface area contributed by atoms with E-state index in [1.807, 2.05) is 24.3 Å². The number of para-hydroxylation sites is 1. The van der Waals surface area contributed by atoms with Gasteiger partial charge in [0.25, 0.3) is 5.91 Å². The van der Waals surface area contributed by atoms with Gasteiger partial charge < -0.3 is 10.6 Å². The van der Waals surface area contributed by atoms with E-state index in [2.05, 4.69) is 16.1 Å². The Morgan fingerprint density at radius 3 is 2.82 bits per heavy atom. The monoisotopic (exact) mass is 300 g/mol. The van der Waals surface area contributed by atoms with Crippen LogP contribution in [0, 0.1) is 17.8 Å². The highest BCUT2D eigenvalue weighted by Gasteiger charge is 2.55. The number of hydrogen-bond donors (Lipinski definition) is 4. The van der Waals surface area contributed by atoms with Crippen molar-refractivity contribution in [3.05, 3.63) is 29.8 Å².